The van der Waals surface area contributed by atoms with Crippen molar-refractivity contribution in [1.82, 2.24) is 24.1 Å². The average Bonchev–Trinajstić information content (AvgIpc) is 3.23. The molecule has 1 amide bonds. The molecule has 0 spiro atoms. The van der Waals surface area contributed by atoms with Gasteiger partial charge >= 0.3 is 12.3 Å². The van der Waals surface area contributed by atoms with Gasteiger partial charge < -0.3 is 15.4 Å². The Morgan fingerprint density at radius 1 is 1.12 bits per heavy atom. The molecule has 12 heteroatoms. The van der Waals surface area contributed by atoms with Gasteiger partial charge in [-0.25, -0.2) is 9.78 Å². The number of nitrogens with zero attached hydrogens (tertiary/aromatic N) is 5. The number of hydrogen-bond donors (Lipinski definition) is 1. The highest BCUT2D eigenvalue weighted by atomic mass is 35.5. The quantitative estimate of drug-likeness (QED) is 0.279. The molecule has 2 aromatic carbocycles. The predicted molar refractivity (Wildman–Crippen MR) is 148 cm³/mol. The molecule has 212 valence electrons. The number of hydrogen-bond acceptors (Lipinski definition) is 6. The Bertz CT molecular complexity index is 1520. The SMILES string of the molecule is Cc1ccc(C(=O)N(CCCN)C(c2nc3c(Cl)c(OC(F)F)nn3c(=O)n2Cc2ccccc2)C(C)C)cc1. The van der Waals surface area contributed by atoms with E-state index >= 15 is 0 Å². The Labute approximate surface area is 235 Å². The molecule has 4 aromatic rings. The maximum atomic E-state index is 13.9. The second-order valence-electron chi connectivity index (χ2n) is 9.75. The van der Waals surface area contributed by atoms with E-state index in [4.69, 9.17) is 17.3 Å². The molecule has 0 radical (unpaired) electrons. The minimum Gasteiger partial charge on any atom is -0.414 e. The molecule has 0 aliphatic rings. The molecule has 1 unspecified atom stereocenters. The lowest BCUT2D eigenvalue weighted by atomic mass is 9.99. The minimum absolute atomic E-state index is 0.0904. The van der Waals surface area contributed by atoms with Crippen molar-refractivity contribution in [3.63, 3.8) is 0 Å². The Morgan fingerprint density at radius 2 is 1.80 bits per heavy atom. The number of aryl methyl sites for hydroxylation is 1. The van der Waals surface area contributed by atoms with Gasteiger partial charge in [-0.05, 0) is 43.5 Å². The summed E-state index contributed by atoms with van der Waals surface area (Å²) in [7, 11) is 0. The van der Waals surface area contributed by atoms with Gasteiger partial charge in [-0.2, -0.15) is 13.3 Å². The van der Waals surface area contributed by atoms with Crippen LogP contribution in [0.5, 0.6) is 5.88 Å². The zero-order valence-corrected chi connectivity index (χ0v) is 23.2. The van der Waals surface area contributed by atoms with E-state index in [2.05, 4.69) is 14.8 Å². The first-order valence-electron chi connectivity index (χ1n) is 12.9. The van der Waals surface area contributed by atoms with E-state index in [0.29, 0.717) is 25.1 Å². The average molecular weight is 573 g/mol. The number of carbonyl (C=O) groups excluding carboxylic acids is 1. The van der Waals surface area contributed by atoms with Crippen LogP contribution in [0.2, 0.25) is 5.02 Å². The summed E-state index contributed by atoms with van der Waals surface area (Å²) in [4.78, 5) is 34.1. The number of halogens is 3. The number of fused-ring (bicyclic) bond motifs is 1. The van der Waals surface area contributed by atoms with Gasteiger partial charge in [-0.3, -0.25) is 9.36 Å². The summed E-state index contributed by atoms with van der Waals surface area (Å²) >= 11 is 6.33. The number of rotatable bonds is 11. The van der Waals surface area contributed by atoms with Gasteiger partial charge in [0, 0.05) is 12.1 Å². The lowest BCUT2D eigenvalue weighted by molar-refractivity contribution is -0.0529. The number of alkyl halides is 2. The Hall–Kier alpha value is -3.83. The van der Waals surface area contributed by atoms with Crippen molar-refractivity contribution < 1.29 is 18.3 Å². The van der Waals surface area contributed by atoms with Crippen LogP contribution in [-0.4, -0.2) is 49.7 Å². The number of benzene rings is 2. The van der Waals surface area contributed by atoms with Gasteiger partial charge in [-0.15, -0.1) is 5.10 Å². The summed E-state index contributed by atoms with van der Waals surface area (Å²) < 4.78 is 32.7. The molecule has 40 heavy (non-hydrogen) atoms. The molecular formula is C28H31ClF2N6O3. The van der Waals surface area contributed by atoms with Crippen LogP contribution < -0.4 is 16.2 Å². The van der Waals surface area contributed by atoms with Gasteiger partial charge in [0.25, 0.3) is 11.8 Å². The highest BCUT2D eigenvalue weighted by Gasteiger charge is 2.34. The first kappa shape index (κ1) is 29.2. The first-order chi connectivity index (χ1) is 19.1. The van der Waals surface area contributed by atoms with Gasteiger partial charge in [0.05, 0.1) is 12.6 Å². The molecule has 0 fully saturated rings. The normalized spacial score (nSPS) is 12.3. The van der Waals surface area contributed by atoms with E-state index in [1.807, 2.05) is 63.2 Å². The molecule has 2 heterocycles. The summed E-state index contributed by atoms with van der Waals surface area (Å²) in [6.07, 6.45) is 0.506. The van der Waals surface area contributed by atoms with Crippen molar-refractivity contribution in [1.29, 1.82) is 0 Å². The van der Waals surface area contributed by atoms with E-state index in [0.717, 1.165) is 15.6 Å². The maximum absolute atomic E-state index is 13.9. The highest BCUT2D eigenvalue weighted by molar-refractivity contribution is 6.34. The van der Waals surface area contributed by atoms with Crippen LogP contribution in [0.4, 0.5) is 8.78 Å². The van der Waals surface area contributed by atoms with Crippen molar-refractivity contribution >= 4 is 23.2 Å². The highest BCUT2D eigenvalue weighted by Crippen LogP contribution is 2.32. The number of ether oxygens (including phenoxy) is 1. The number of amides is 1. The molecule has 2 N–H and O–H groups in total. The minimum atomic E-state index is -3.20. The van der Waals surface area contributed by atoms with E-state index in [1.165, 1.54) is 4.57 Å². The van der Waals surface area contributed by atoms with E-state index in [9.17, 15) is 18.4 Å². The van der Waals surface area contributed by atoms with E-state index < -0.39 is 24.2 Å². The molecule has 9 nitrogen and oxygen atoms in total. The summed E-state index contributed by atoms with van der Waals surface area (Å²) in [5.74, 6) is -0.850. The zero-order valence-electron chi connectivity index (χ0n) is 22.4. The molecule has 0 aliphatic heterocycles. The van der Waals surface area contributed by atoms with Gasteiger partial charge in [0.2, 0.25) is 0 Å². The van der Waals surface area contributed by atoms with Crippen molar-refractivity contribution in [3.8, 4) is 5.88 Å². The molecule has 0 bridgehead atoms. The summed E-state index contributed by atoms with van der Waals surface area (Å²) in [5.41, 5.74) is 7.29. The fourth-order valence-corrected chi connectivity index (χ4v) is 4.77. The molecule has 4 rings (SSSR count). The van der Waals surface area contributed by atoms with Crippen LogP contribution in [0.3, 0.4) is 0 Å². The molecule has 0 saturated heterocycles. The van der Waals surface area contributed by atoms with Crippen LogP contribution in [0.1, 0.15) is 53.6 Å². The van der Waals surface area contributed by atoms with Crippen molar-refractivity contribution in [2.75, 3.05) is 13.1 Å². The topological polar surface area (TPSA) is 108 Å². The van der Waals surface area contributed by atoms with Gasteiger partial charge in [0.1, 0.15) is 10.8 Å². The van der Waals surface area contributed by atoms with Crippen LogP contribution >= 0.6 is 11.6 Å². The second-order valence-corrected chi connectivity index (χ2v) is 10.1. The maximum Gasteiger partial charge on any atom is 0.388 e. The number of carbonyl (C=O) groups is 1. The molecule has 1 atom stereocenters. The van der Waals surface area contributed by atoms with Gasteiger partial charge in [-0.1, -0.05) is 73.5 Å². The van der Waals surface area contributed by atoms with Crippen LogP contribution in [0, 0.1) is 12.8 Å². The Balaban J connectivity index is 1.95. The monoisotopic (exact) mass is 572 g/mol. The third kappa shape index (κ3) is 6.15. The first-order valence-corrected chi connectivity index (χ1v) is 13.3. The molecule has 2 aromatic heterocycles. The van der Waals surface area contributed by atoms with E-state index in [-0.39, 0.29) is 34.9 Å². The lowest BCUT2D eigenvalue weighted by Crippen LogP contribution is -2.43. The fraction of sp³-hybridized carbons (Fsp3) is 0.357. The second kappa shape index (κ2) is 12.6. The van der Waals surface area contributed by atoms with Crippen molar-refractivity contribution in [2.45, 2.75) is 46.4 Å². The summed E-state index contributed by atoms with van der Waals surface area (Å²) in [5, 5.41) is 3.55. The van der Waals surface area contributed by atoms with E-state index in [1.54, 1.807) is 17.0 Å². The largest absolute Gasteiger partial charge is 0.414 e. The molecule has 0 saturated carbocycles. The molecule has 0 aliphatic carbocycles. The predicted octanol–water partition coefficient (Wildman–Crippen LogP) is 4.69. The van der Waals surface area contributed by atoms with Crippen molar-refractivity contribution in [2.24, 2.45) is 11.7 Å². The van der Waals surface area contributed by atoms with Gasteiger partial charge in [0.15, 0.2) is 5.65 Å². The number of aromatic nitrogens is 4. The van der Waals surface area contributed by atoms with Crippen LogP contribution in [0.15, 0.2) is 59.4 Å². The Kier molecular flexibility index (Phi) is 9.16. The third-order valence-corrected chi connectivity index (χ3v) is 6.79. The van der Waals surface area contributed by atoms with Crippen LogP contribution in [-0.2, 0) is 6.54 Å². The Morgan fingerprint density at radius 3 is 2.40 bits per heavy atom. The third-order valence-electron chi connectivity index (χ3n) is 6.46. The zero-order chi connectivity index (χ0) is 29.0. The smallest absolute Gasteiger partial charge is 0.388 e. The standard InChI is InChI=1S/C28H31ClF2N6O3/c1-17(2)22(35(15-7-14-32)26(38)20-12-10-18(3)11-13-20)24-33-23-21(29)25(40-27(30)31)34-37(23)28(39)36(24)16-19-8-5-4-6-9-19/h4-6,8-13,17,22,27H,7,14-16,32H2,1-3H3. The lowest BCUT2D eigenvalue weighted by Gasteiger charge is -2.35. The van der Waals surface area contributed by atoms with Crippen LogP contribution in [0.25, 0.3) is 5.65 Å². The summed E-state index contributed by atoms with van der Waals surface area (Å²) in [6.45, 7) is 3.28. The number of nitrogens with two attached hydrogens (primary N) is 1. The summed E-state index contributed by atoms with van der Waals surface area (Å²) in [6, 6.07) is 15.7. The fourth-order valence-electron chi connectivity index (χ4n) is 4.57. The van der Waals surface area contributed by atoms with Crippen molar-refractivity contribution in [3.05, 3.63) is 92.6 Å². The molecular weight excluding hydrogens is 542 g/mol.